The van der Waals surface area contributed by atoms with E-state index in [1.807, 2.05) is 23.9 Å². The predicted molar refractivity (Wildman–Crippen MR) is 54.8 cm³/mol. The number of hydrogen-bond donors (Lipinski definition) is 1. The monoisotopic (exact) mass is 195 g/mol. The maximum atomic E-state index is 6.02. The fraction of sp³-hybridized carbons (Fsp3) is 0.222. The lowest BCUT2D eigenvalue weighted by Crippen LogP contribution is -1.92. The lowest BCUT2D eigenvalue weighted by atomic mass is 10.2. The van der Waals surface area contributed by atoms with E-state index in [1.165, 1.54) is 0 Å². The summed E-state index contributed by atoms with van der Waals surface area (Å²) in [4.78, 5) is 0. The minimum Gasteiger partial charge on any atom is -0.398 e. The number of nitrogen functional groups attached to an aromatic ring is 1. The van der Waals surface area contributed by atoms with Crippen LogP contribution in [0.4, 0.5) is 5.69 Å². The zero-order valence-electron chi connectivity index (χ0n) is 7.29. The van der Waals surface area contributed by atoms with E-state index in [0.717, 1.165) is 17.4 Å². The van der Waals surface area contributed by atoms with E-state index in [-0.39, 0.29) is 0 Å². The molecule has 0 amide bonds. The molecule has 13 heavy (non-hydrogen) atoms. The third kappa shape index (κ3) is 1.25. The van der Waals surface area contributed by atoms with Crippen molar-refractivity contribution in [2.24, 2.45) is 0 Å². The Balaban J connectivity index is 2.76. The smallest absolute Gasteiger partial charge is 0.0939 e. The number of nitrogens with zero attached hydrogens (tertiary/aromatic N) is 2. The van der Waals surface area contributed by atoms with Crippen LogP contribution in [0.5, 0.6) is 0 Å². The predicted octanol–water partition coefficient (Wildman–Crippen LogP) is 2.29. The molecular formula is C9H10ClN3. The minimum absolute atomic E-state index is 0.595. The van der Waals surface area contributed by atoms with E-state index in [1.54, 1.807) is 6.07 Å². The quantitative estimate of drug-likeness (QED) is 0.710. The van der Waals surface area contributed by atoms with Crippen LogP contribution in [-0.4, -0.2) is 9.78 Å². The Morgan fingerprint density at radius 2 is 2.31 bits per heavy atom. The van der Waals surface area contributed by atoms with Gasteiger partial charge >= 0.3 is 0 Å². The van der Waals surface area contributed by atoms with E-state index in [9.17, 15) is 0 Å². The van der Waals surface area contributed by atoms with Crippen LogP contribution < -0.4 is 5.73 Å². The number of halogens is 1. The number of anilines is 1. The van der Waals surface area contributed by atoms with Crippen LogP contribution in [-0.2, 0) is 6.54 Å². The van der Waals surface area contributed by atoms with Crippen molar-refractivity contribution in [3.63, 3.8) is 0 Å². The summed E-state index contributed by atoms with van der Waals surface area (Å²) in [6.07, 6.45) is 1.91. The van der Waals surface area contributed by atoms with Crippen molar-refractivity contribution in [1.29, 1.82) is 0 Å². The largest absolute Gasteiger partial charge is 0.398 e. The number of rotatable bonds is 1. The first-order valence-corrected chi connectivity index (χ1v) is 4.51. The minimum atomic E-state index is 0.595. The summed E-state index contributed by atoms with van der Waals surface area (Å²) in [7, 11) is 0. The molecule has 0 bridgehead atoms. The highest BCUT2D eigenvalue weighted by Gasteiger charge is 2.05. The Hall–Kier alpha value is -1.22. The molecule has 2 aromatic rings. The van der Waals surface area contributed by atoms with Gasteiger partial charge in [0.2, 0.25) is 0 Å². The molecular weight excluding hydrogens is 186 g/mol. The van der Waals surface area contributed by atoms with Gasteiger partial charge in [-0.3, -0.25) is 4.68 Å². The Morgan fingerprint density at radius 3 is 3.00 bits per heavy atom. The number of aromatic nitrogens is 2. The molecule has 0 unspecified atom stereocenters. The molecule has 0 radical (unpaired) electrons. The van der Waals surface area contributed by atoms with Gasteiger partial charge in [0.25, 0.3) is 0 Å². The number of benzene rings is 1. The van der Waals surface area contributed by atoms with Crippen LogP contribution in [0.2, 0.25) is 5.02 Å². The number of fused-ring (bicyclic) bond motifs is 1. The average Bonchev–Trinajstić information content (AvgIpc) is 2.55. The van der Waals surface area contributed by atoms with E-state index in [0.29, 0.717) is 10.7 Å². The molecule has 0 fully saturated rings. The molecule has 0 saturated carbocycles. The van der Waals surface area contributed by atoms with Crippen LogP contribution in [0.15, 0.2) is 18.3 Å². The van der Waals surface area contributed by atoms with E-state index in [2.05, 4.69) is 5.10 Å². The Kier molecular flexibility index (Phi) is 1.88. The van der Waals surface area contributed by atoms with Gasteiger partial charge in [-0.1, -0.05) is 11.6 Å². The summed E-state index contributed by atoms with van der Waals surface area (Å²) >= 11 is 6.02. The molecule has 0 saturated heterocycles. The van der Waals surface area contributed by atoms with Gasteiger partial charge in [0.15, 0.2) is 0 Å². The standard InChI is InChI=1S/C9H10ClN3/c1-2-13-5-6-8(12-13)4-3-7(11)9(6)10/h3-5H,2,11H2,1H3. The van der Waals surface area contributed by atoms with Crippen LogP contribution in [0.1, 0.15) is 6.92 Å². The van der Waals surface area contributed by atoms with Crippen molar-refractivity contribution >= 4 is 28.2 Å². The Labute approximate surface area is 81.1 Å². The molecule has 2 rings (SSSR count). The van der Waals surface area contributed by atoms with E-state index < -0.39 is 0 Å². The van der Waals surface area contributed by atoms with Crippen LogP contribution in [0.25, 0.3) is 10.9 Å². The van der Waals surface area contributed by atoms with E-state index >= 15 is 0 Å². The third-order valence-corrected chi connectivity index (χ3v) is 2.45. The Morgan fingerprint density at radius 1 is 1.54 bits per heavy atom. The number of aryl methyl sites for hydroxylation is 1. The summed E-state index contributed by atoms with van der Waals surface area (Å²) in [6.45, 7) is 2.87. The lowest BCUT2D eigenvalue weighted by molar-refractivity contribution is 0.668. The van der Waals surface area contributed by atoms with Crippen molar-refractivity contribution in [3.05, 3.63) is 23.4 Å². The first-order valence-electron chi connectivity index (χ1n) is 4.13. The maximum absolute atomic E-state index is 6.02. The number of nitrogens with two attached hydrogens (primary N) is 1. The van der Waals surface area contributed by atoms with Gasteiger partial charge in [0, 0.05) is 18.1 Å². The summed E-state index contributed by atoms with van der Waals surface area (Å²) in [5, 5.41) is 5.82. The van der Waals surface area contributed by atoms with Crippen molar-refractivity contribution in [2.45, 2.75) is 13.5 Å². The van der Waals surface area contributed by atoms with Crippen molar-refractivity contribution in [2.75, 3.05) is 5.73 Å². The molecule has 0 spiro atoms. The van der Waals surface area contributed by atoms with Crippen molar-refractivity contribution < 1.29 is 0 Å². The highest BCUT2D eigenvalue weighted by atomic mass is 35.5. The molecule has 0 aliphatic rings. The first-order chi connectivity index (χ1) is 6.22. The molecule has 1 aromatic heterocycles. The molecule has 68 valence electrons. The molecule has 0 aliphatic heterocycles. The molecule has 1 heterocycles. The second-order valence-electron chi connectivity index (χ2n) is 2.89. The Bertz CT molecular complexity index is 447. The fourth-order valence-corrected chi connectivity index (χ4v) is 1.50. The SMILES string of the molecule is CCn1cc2c(Cl)c(N)ccc2n1. The van der Waals surface area contributed by atoms with Gasteiger partial charge in [-0.2, -0.15) is 5.10 Å². The molecule has 0 atom stereocenters. The zero-order chi connectivity index (χ0) is 9.42. The molecule has 2 N–H and O–H groups in total. The molecule has 3 nitrogen and oxygen atoms in total. The molecule has 0 aliphatic carbocycles. The fourth-order valence-electron chi connectivity index (χ4n) is 1.29. The summed E-state index contributed by atoms with van der Waals surface area (Å²) in [5.74, 6) is 0. The maximum Gasteiger partial charge on any atom is 0.0939 e. The van der Waals surface area contributed by atoms with Crippen molar-refractivity contribution in [1.82, 2.24) is 9.78 Å². The van der Waals surface area contributed by atoms with Gasteiger partial charge in [-0.25, -0.2) is 0 Å². The van der Waals surface area contributed by atoms with Crippen LogP contribution in [0, 0.1) is 0 Å². The van der Waals surface area contributed by atoms with Gasteiger partial charge in [-0.05, 0) is 19.1 Å². The van der Waals surface area contributed by atoms with Gasteiger partial charge in [0.05, 0.1) is 16.2 Å². The summed E-state index contributed by atoms with van der Waals surface area (Å²) in [6, 6.07) is 3.65. The highest BCUT2D eigenvalue weighted by Crippen LogP contribution is 2.27. The van der Waals surface area contributed by atoms with E-state index in [4.69, 9.17) is 17.3 Å². The van der Waals surface area contributed by atoms with Crippen LogP contribution in [0.3, 0.4) is 0 Å². The first kappa shape index (κ1) is 8.38. The van der Waals surface area contributed by atoms with Crippen molar-refractivity contribution in [3.8, 4) is 0 Å². The molecule has 1 aromatic carbocycles. The summed E-state index contributed by atoms with van der Waals surface area (Å²) < 4.78 is 1.84. The van der Waals surface area contributed by atoms with Gasteiger partial charge in [-0.15, -0.1) is 0 Å². The third-order valence-electron chi connectivity index (χ3n) is 2.02. The second-order valence-corrected chi connectivity index (χ2v) is 3.26. The highest BCUT2D eigenvalue weighted by molar-refractivity contribution is 6.37. The average molecular weight is 196 g/mol. The van der Waals surface area contributed by atoms with Gasteiger partial charge in [0.1, 0.15) is 0 Å². The topological polar surface area (TPSA) is 43.8 Å². The van der Waals surface area contributed by atoms with Gasteiger partial charge < -0.3 is 5.73 Å². The van der Waals surface area contributed by atoms with Crippen LogP contribution >= 0.6 is 11.6 Å². The lowest BCUT2D eigenvalue weighted by Gasteiger charge is -1.95. The summed E-state index contributed by atoms with van der Waals surface area (Å²) in [5.41, 5.74) is 7.16. The number of hydrogen-bond acceptors (Lipinski definition) is 2. The second kappa shape index (κ2) is 2.92. The normalized spacial score (nSPS) is 10.9. The zero-order valence-corrected chi connectivity index (χ0v) is 8.04. The molecule has 4 heteroatoms.